The molecule has 2 aromatic carbocycles. The average molecular weight is 583 g/mol. The molecule has 0 fully saturated rings. The zero-order valence-corrected chi connectivity index (χ0v) is 21.3. The Morgan fingerprint density at radius 1 is 1.11 bits per heavy atom. The first-order chi connectivity index (χ1) is 18.1. The second-order valence-corrected chi connectivity index (χ2v) is 9.98. The van der Waals surface area contributed by atoms with Crippen LogP contribution in [0.1, 0.15) is 33.0 Å². The highest BCUT2D eigenvalue weighted by Gasteiger charge is 2.36. The standard InChI is InChI=1S/C23H15Cl2F3N6O3S/c24-14-2-1-3-15(25)20(14)38-16-7-17(23(26,27)28)29-21(35)19(16)22(36)34-8-11-4-5-13(6-12(11)9-34)37-10-18-30-32-33-31-18/h1-7H,8-10H2,(H,29,35)(H,30,31,32,33). The molecular weight excluding hydrogens is 568 g/mol. The largest absolute Gasteiger partial charge is 0.485 e. The molecule has 0 bridgehead atoms. The van der Waals surface area contributed by atoms with Crippen molar-refractivity contribution >= 4 is 40.9 Å². The van der Waals surface area contributed by atoms with Crippen molar-refractivity contribution in [2.75, 3.05) is 0 Å². The van der Waals surface area contributed by atoms with Crippen molar-refractivity contribution in [3.8, 4) is 5.75 Å². The Morgan fingerprint density at radius 2 is 1.84 bits per heavy atom. The van der Waals surface area contributed by atoms with Crippen LogP contribution in [0.4, 0.5) is 13.2 Å². The number of ether oxygens (including phenoxy) is 1. The summed E-state index contributed by atoms with van der Waals surface area (Å²) in [7, 11) is 0. The number of hydrogen-bond acceptors (Lipinski definition) is 7. The van der Waals surface area contributed by atoms with Gasteiger partial charge in [-0.25, -0.2) is 0 Å². The summed E-state index contributed by atoms with van der Waals surface area (Å²) in [5.41, 5.74) is -1.35. The molecule has 1 aliphatic heterocycles. The second-order valence-electron chi connectivity index (χ2n) is 8.11. The summed E-state index contributed by atoms with van der Waals surface area (Å²) in [4.78, 5) is 29.6. The third-order valence-corrected chi connectivity index (χ3v) is 7.63. The smallest absolute Gasteiger partial charge is 0.431 e. The summed E-state index contributed by atoms with van der Waals surface area (Å²) >= 11 is 13.1. The van der Waals surface area contributed by atoms with Crippen molar-refractivity contribution in [1.82, 2.24) is 30.5 Å². The number of hydrogen-bond donors (Lipinski definition) is 2. The number of halogens is 5. The van der Waals surface area contributed by atoms with Crippen LogP contribution in [0.2, 0.25) is 10.0 Å². The number of nitrogens with zero attached hydrogens (tertiary/aromatic N) is 4. The first-order valence-corrected chi connectivity index (χ1v) is 12.4. The van der Waals surface area contributed by atoms with Crippen molar-refractivity contribution in [2.45, 2.75) is 35.7 Å². The Bertz CT molecular complexity index is 1560. The Balaban J connectivity index is 1.44. The molecule has 5 rings (SSSR count). The van der Waals surface area contributed by atoms with Crippen molar-refractivity contribution in [1.29, 1.82) is 0 Å². The highest BCUT2D eigenvalue weighted by atomic mass is 35.5. The van der Waals surface area contributed by atoms with Gasteiger partial charge in [0, 0.05) is 22.9 Å². The highest BCUT2D eigenvalue weighted by Crippen LogP contribution is 2.41. The van der Waals surface area contributed by atoms with Gasteiger partial charge >= 0.3 is 6.18 Å². The maximum atomic E-state index is 13.5. The molecule has 0 unspecified atom stereocenters. The summed E-state index contributed by atoms with van der Waals surface area (Å²) in [6.07, 6.45) is -4.85. The lowest BCUT2D eigenvalue weighted by Gasteiger charge is -2.18. The van der Waals surface area contributed by atoms with E-state index in [0.717, 1.165) is 22.9 Å². The number of rotatable bonds is 6. The lowest BCUT2D eigenvalue weighted by Crippen LogP contribution is -2.32. The van der Waals surface area contributed by atoms with Crippen LogP contribution in [0.5, 0.6) is 5.75 Å². The number of fused-ring (bicyclic) bond motifs is 1. The number of carbonyl (C=O) groups excluding carboxylic acids is 1. The molecule has 9 nitrogen and oxygen atoms in total. The third kappa shape index (κ3) is 5.35. The maximum Gasteiger partial charge on any atom is 0.431 e. The van der Waals surface area contributed by atoms with Crippen LogP contribution in [0.15, 0.2) is 57.1 Å². The van der Waals surface area contributed by atoms with E-state index in [1.807, 2.05) is 0 Å². The van der Waals surface area contributed by atoms with Crippen LogP contribution >= 0.6 is 35.0 Å². The van der Waals surface area contributed by atoms with Gasteiger partial charge in [-0.3, -0.25) is 9.59 Å². The zero-order valence-electron chi connectivity index (χ0n) is 19.0. The van der Waals surface area contributed by atoms with Gasteiger partial charge in [-0.15, -0.1) is 10.2 Å². The summed E-state index contributed by atoms with van der Waals surface area (Å²) < 4.78 is 46.1. The second kappa shape index (κ2) is 10.3. The normalized spacial score (nSPS) is 13.0. The van der Waals surface area contributed by atoms with E-state index in [0.29, 0.717) is 17.6 Å². The van der Waals surface area contributed by atoms with Crippen LogP contribution in [0, 0.1) is 0 Å². The van der Waals surface area contributed by atoms with Crippen molar-refractivity contribution in [3.63, 3.8) is 0 Å². The molecular formula is C23H15Cl2F3N6O3S. The lowest BCUT2D eigenvalue weighted by atomic mass is 10.1. The number of benzene rings is 2. The van der Waals surface area contributed by atoms with Crippen LogP contribution < -0.4 is 10.3 Å². The molecule has 0 aliphatic carbocycles. The lowest BCUT2D eigenvalue weighted by molar-refractivity contribution is -0.141. The summed E-state index contributed by atoms with van der Waals surface area (Å²) in [5, 5.41) is 13.7. The molecule has 38 heavy (non-hydrogen) atoms. The number of aromatic amines is 2. The van der Waals surface area contributed by atoms with Gasteiger partial charge in [-0.2, -0.15) is 18.4 Å². The molecule has 1 aliphatic rings. The number of tetrazole rings is 1. The van der Waals surface area contributed by atoms with E-state index in [4.69, 9.17) is 27.9 Å². The SMILES string of the molecule is O=C(c1c(Sc2c(Cl)cccc2Cl)cc(C(F)(F)F)[nH]c1=O)N1Cc2ccc(OCc3nn[nH]n3)cc2C1. The number of aromatic nitrogens is 5. The van der Waals surface area contributed by atoms with Crippen LogP contribution in [-0.4, -0.2) is 36.4 Å². The van der Waals surface area contributed by atoms with Gasteiger partial charge < -0.3 is 14.6 Å². The van der Waals surface area contributed by atoms with Crippen LogP contribution in [0.25, 0.3) is 0 Å². The average Bonchev–Trinajstić information content (AvgIpc) is 3.53. The summed E-state index contributed by atoms with van der Waals surface area (Å²) in [6.45, 7) is 0.339. The van der Waals surface area contributed by atoms with E-state index in [-0.39, 0.29) is 39.5 Å². The molecule has 196 valence electrons. The van der Waals surface area contributed by atoms with Crippen LogP contribution in [0.3, 0.4) is 0 Å². The van der Waals surface area contributed by atoms with Gasteiger partial charge in [-0.1, -0.05) is 52.3 Å². The maximum absolute atomic E-state index is 13.5. The molecule has 4 aromatic rings. The first kappa shape index (κ1) is 26.1. The predicted molar refractivity (Wildman–Crippen MR) is 131 cm³/mol. The fraction of sp³-hybridized carbons (Fsp3) is 0.174. The highest BCUT2D eigenvalue weighted by molar-refractivity contribution is 7.99. The molecule has 0 radical (unpaired) electrons. The van der Waals surface area contributed by atoms with E-state index in [1.165, 1.54) is 17.0 Å². The molecule has 2 aromatic heterocycles. The Kier molecular flexibility index (Phi) is 7.07. The van der Waals surface area contributed by atoms with Gasteiger partial charge in [0.1, 0.15) is 17.0 Å². The number of H-pyrrole nitrogens is 2. The predicted octanol–water partition coefficient (Wildman–Crippen LogP) is 5.10. The topological polar surface area (TPSA) is 117 Å². The monoisotopic (exact) mass is 582 g/mol. The minimum Gasteiger partial charge on any atom is -0.485 e. The van der Waals surface area contributed by atoms with Crippen molar-refractivity contribution in [2.24, 2.45) is 0 Å². The van der Waals surface area contributed by atoms with Crippen molar-refractivity contribution < 1.29 is 22.7 Å². The molecule has 0 saturated heterocycles. The molecule has 3 heterocycles. The Morgan fingerprint density at radius 3 is 2.53 bits per heavy atom. The number of pyridine rings is 1. The van der Waals surface area contributed by atoms with Gasteiger partial charge in [-0.05, 0) is 41.5 Å². The number of alkyl halides is 3. The third-order valence-electron chi connectivity index (χ3n) is 5.59. The van der Waals surface area contributed by atoms with Gasteiger partial charge in [0.25, 0.3) is 11.5 Å². The molecule has 0 atom stereocenters. The first-order valence-electron chi connectivity index (χ1n) is 10.8. The van der Waals surface area contributed by atoms with Gasteiger partial charge in [0.05, 0.1) is 10.0 Å². The fourth-order valence-electron chi connectivity index (χ4n) is 3.82. The minimum absolute atomic E-state index is 0.0735. The fourth-order valence-corrected chi connectivity index (χ4v) is 5.45. The molecule has 2 N–H and O–H groups in total. The molecule has 0 saturated carbocycles. The number of carbonyl (C=O) groups is 1. The van der Waals surface area contributed by atoms with E-state index in [1.54, 1.807) is 29.2 Å². The number of nitrogens with one attached hydrogen (secondary N) is 2. The zero-order chi connectivity index (χ0) is 27.0. The molecule has 0 spiro atoms. The van der Waals surface area contributed by atoms with E-state index in [9.17, 15) is 22.8 Å². The minimum atomic E-state index is -4.85. The van der Waals surface area contributed by atoms with E-state index < -0.39 is 28.9 Å². The number of amides is 1. The summed E-state index contributed by atoms with van der Waals surface area (Å²) in [5.74, 6) is 0.114. The van der Waals surface area contributed by atoms with Crippen molar-refractivity contribution in [3.05, 3.63) is 91.1 Å². The van der Waals surface area contributed by atoms with Gasteiger partial charge in [0.15, 0.2) is 6.61 Å². The van der Waals surface area contributed by atoms with E-state index in [2.05, 4.69) is 20.6 Å². The Hall–Kier alpha value is -3.55. The summed E-state index contributed by atoms with van der Waals surface area (Å²) in [6, 6.07) is 10.5. The molecule has 1 amide bonds. The Labute approximate surface area is 226 Å². The molecule has 15 heteroatoms. The quantitative estimate of drug-likeness (QED) is 0.325. The van der Waals surface area contributed by atoms with E-state index >= 15 is 0 Å². The van der Waals surface area contributed by atoms with Crippen LogP contribution in [-0.2, 0) is 25.9 Å². The van der Waals surface area contributed by atoms with Gasteiger partial charge in [0.2, 0.25) is 5.82 Å².